The maximum absolute atomic E-state index is 11.4. The molecule has 1 aliphatic heterocycles. The summed E-state index contributed by atoms with van der Waals surface area (Å²) in [5.41, 5.74) is 0. The van der Waals surface area contributed by atoms with Gasteiger partial charge in [-0.2, -0.15) is 0 Å². The van der Waals surface area contributed by atoms with E-state index >= 15 is 0 Å². The SMILES string of the molecule is CCN1CCC(NC(C)=O)C1=O. The van der Waals surface area contributed by atoms with Gasteiger partial charge in [0.15, 0.2) is 0 Å². The molecule has 1 atom stereocenters. The number of carbonyl (C=O) groups excluding carboxylic acids is 2. The third-order valence-corrected chi connectivity index (χ3v) is 2.06. The van der Waals surface area contributed by atoms with Crippen LogP contribution in [0.5, 0.6) is 0 Å². The van der Waals surface area contributed by atoms with Crippen LogP contribution in [-0.2, 0) is 9.59 Å². The van der Waals surface area contributed by atoms with Crippen LogP contribution in [0, 0.1) is 0 Å². The van der Waals surface area contributed by atoms with Crippen molar-refractivity contribution in [2.45, 2.75) is 26.3 Å². The topological polar surface area (TPSA) is 49.4 Å². The Balaban J connectivity index is 2.49. The highest BCUT2D eigenvalue weighted by Crippen LogP contribution is 2.09. The summed E-state index contributed by atoms with van der Waals surface area (Å²) in [6, 6.07) is -0.276. The van der Waals surface area contributed by atoms with Gasteiger partial charge in [-0.25, -0.2) is 0 Å². The first-order valence-electron chi connectivity index (χ1n) is 4.21. The summed E-state index contributed by atoms with van der Waals surface area (Å²) in [5, 5.41) is 2.63. The van der Waals surface area contributed by atoms with Crippen molar-refractivity contribution in [2.24, 2.45) is 0 Å². The molecule has 1 rings (SSSR count). The Hall–Kier alpha value is -1.06. The van der Waals surface area contributed by atoms with Gasteiger partial charge in [0.25, 0.3) is 0 Å². The fraction of sp³-hybridized carbons (Fsp3) is 0.750. The Morgan fingerprint density at radius 2 is 2.42 bits per heavy atom. The highest BCUT2D eigenvalue weighted by atomic mass is 16.2. The van der Waals surface area contributed by atoms with Crippen LogP contribution in [0.4, 0.5) is 0 Å². The number of nitrogens with zero attached hydrogens (tertiary/aromatic N) is 1. The van der Waals surface area contributed by atoms with Crippen LogP contribution in [0.3, 0.4) is 0 Å². The highest BCUT2D eigenvalue weighted by Gasteiger charge is 2.30. The molecule has 0 radical (unpaired) electrons. The predicted octanol–water partition coefficient (Wildman–Crippen LogP) is -0.257. The molecule has 2 amide bonds. The molecule has 4 nitrogen and oxygen atoms in total. The Labute approximate surface area is 71.9 Å². The number of rotatable bonds is 2. The monoisotopic (exact) mass is 170 g/mol. The second-order valence-electron chi connectivity index (χ2n) is 2.96. The van der Waals surface area contributed by atoms with Crippen molar-refractivity contribution in [1.82, 2.24) is 10.2 Å². The molecule has 68 valence electrons. The van der Waals surface area contributed by atoms with Crippen LogP contribution < -0.4 is 5.32 Å². The van der Waals surface area contributed by atoms with Gasteiger partial charge in [0.2, 0.25) is 11.8 Å². The number of carbonyl (C=O) groups is 2. The van der Waals surface area contributed by atoms with Crippen molar-refractivity contribution in [3.8, 4) is 0 Å². The van der Waals surface area contributed by atoms with E-state index in [1.165, 1.54) is 6.92 Å². The van der Waals surface area contributed by atoms with Crippen LogP contribution in [0.1, 0.15) is 20.3 Å². The third-order valence-electron chi connectivity index (χ3n) is 2.06. The van der Waals surface area contributed by atoms with Gasteiger partial charge in [-0.15, -0.1) is 0 Å². The minimum Gasteiger partial charge on any atom is -0.344 e. The van der Waals surface area contributed by atoms with Gasteiger partial charge in [-0.05, 0) is 13.3 Å². The molecular weight excluding hydrogens is 156 g/mol. The van der Waals surface area contributed by atoms with E-state index in [0.29, 0.717) is 0 Å². The zero-order valence-electron chi connectivity index (χ0n) is 7.46. The number of hydrogen-bond acceptors (Lipinski definition) is 2. The zero-order chi connectivity index (χ0) is 9.14. The summed E-state index contributed by atoms with van der Waals surface area (Å²) >= 11 is 0. The quantitative estimate of drug-likeness (QED) is 0.621. The summed E-state index contributed by atoms with van der Waals surface area (Å²) in [6.45, 7) is 4.87. The van der Waals surface area contributed by atoms with Crippen molar-refractivity contribution in [2.75, 3.05) is 13.1 Å². The molecular formula is C8H14N2O2. The Morgan fingerprint density at radius 3 is 2.83 bits per heavy atom. The van der Waals surface area contributed by atoms with E-state index in [2.05, 4.69) is 5.32 Å². The smallest absolute Gasteiger partial charge is 0.245 e. The average Bonchev–Trinajstić information content (AvgIpc) is 2.32. The summed E-state index contributed by atoms with van der Waals surface area (Å²) in [4.78, 5) is 23.8. The molecule has 0 aromatic rings. The number of amides is 2. The Bertz CT molecular complexity index is 203. The normalized spacial score (nSPS) is 23.0. The van der Waals surface area contributed by atoms with Crippen LogP contribution in [0.2, 0.25) is 0 Å². The predicted molar refractivity (Wildman–Crippen MR) is 44.5 cm³/mol. The van der Waals surface area contributed by atoms with Gasteiger partial charge in [0.1, 0.15) is 6.04 Å². The minimum absolute atomic E-state index is 0.0488. The molecule has 1 unspecified atom stereocenters. The molecule has 4 heteroatoms. The average molecular weight is 170 g/mol. The minimum atomic E-state index is -0.276. The lowest BCUT2D eigenvalue weighted by molar-refractivity contribution is -0.132. The second-order valence-corrected chi connectivity index (χ2v) is 2.96. The first kappa shape index (κ1) is 9.03. The summed E-state index contributed by atoms with van der Waals surface area (Å²) in [5.74, 6) is -0.0843. The second kappa shape index (κ2) is 3.56. The number of likely N-dealkylation sites (tertiary alicyclic amines) is 1. The van der Waals surface area contributed by atoms with Gasteiger partial charge in [0, 0.05) is 20.0 Å². The van der Waals surface area contributed by atoms with E-state index in [0.717, 1.165) is 19.5 Å². The maximum Gasteiger partial charge on any atom is 0.245 e. The number of hydrogen-bond donors (Lipinski definition) is 1. The molecule has 0 bridgehead atoms. The fourth-order valence-corrected chi connectivity index (χ4v) is 1.43. The van der Waals surface area contributed by atoms with E-state index in [1.54, 1.807) is 4.90 Å². The van der Waals surface area contributed by atoms with E-state index in [-0.39, 0.29) is 17.9 Å². The van der Waals surface area contributed by atoms with Crippen molar-refractivity contribution in [3.63, 3.8) is 0 Å². The summed E-state index contributed by atoms with van der Waals surface area (Å²) in [6.07, 6.45) is 0.742. The lowest BCUT2D eigenvalue weighted by Crippen LogP contribution is -2.40. The lowest BCUT2D eigenvalue weighted by atomic mass is 10.2. The van der Waals surface area contributed by atoms with Gasteiger partial charge >= 0.3 is 0 Å². The molecule has 1 N–H and O–H groups in total. The molecule has 0 aliphatic carbocycles. The number of likely N-dealkylation sites (N-methyl/N-ethyl adjacent to an activating group) is 1. The van der Waals surface area contributed by atoms with E-state index in [1.807, 2.05) is 6.92 Å². The first-order valence-corrected chi connectivity index (χ1v) is 4.21. The maximum atomic E-state index is 11.4. The van der Waals surface area contributed by atoms with Gasteiger partial charge in [-0.1, -0.05) is 0 Å². The Kier molecular flexibility index (Phi) is 2.68. The van der Waals surface area contributed by atoms with Crippen LogP contribution >= 0.6 is 0 Å². The van der Waals surface area contributed by atoms with Crippen molar-refractivity contribution < 1.29 is 9.59 Å². The number of nitrogens with one attached hydrogen (secondary N) is 1. The van der Waals surface area contributed by atoms with E-state index in [9.17, 15) is 9.59 Å². The molecule has 0 aromatic heterocycles. The largest absolute Gasteiger partial charge is 0.344 e. The molecule has 1 aliphatic rings. The van der Waals surface area contributed by atoms with Gasteiger partial charge < -0.3 is 10.2 Å². The Morgan fingerprint density at radius 1 is 1.75 bits per heavy atom. The summed E-state index contributed by atoms with van der Waals surface area (Å²) in [7, 11) is 0. The van der Waals surface area contributed by atoms with Crippen molar-refractivity contribution in [1.29, 1.82) is 0 Å². The fourth-order valence-electron chi connectivity index (χ4n) is 1.43. The van der Waals surface area contributed by atoms with Crippen LogP contribution in [0.25, 0.3) is 0 Å². The van der Waals surface area contributed by atoms with Crippen molar-refractivity contribution in [3.05, 3.63) is 0 Å². The molecule has 0 aromatic carbocycles. The van der Waals surface area contributed by atoms with Gasteiger partial charge in [-0.3, -0.25) is 9.59 Å². The lowest BCUT2D eigenvalue weighted by Gasteiger charge is -2.13. The van der Waals surface area contributed by atoms with Gasteiger partial charge in [0.05, 0.1) is 0 Å². The molecule has 1 heterocycles. The highest BCUT2D eigenvalue weighted by molar-refractivity contribution is 5.88. The molecule has 0 spiro atoms. The zero-order valence-corrected chi connectivity index (χ0v) is 7.46. The molecule has 0 saturated carbocycles. The molecule has 12 heavy (non-hydrogen) atoms. The first-order chi connectivity index (χ1) is 5.65. The van der Waals surface area contributed by atoms with Crippen LogP contribution in [-0.4, -0.2) is 35.8 Å². The van der Waals surface area contributed by atoms with Crippen molar-refractivity contribution >= 4 is 11.8 Å². The molecule has 1 saturated heterocycles. The standard InChI is InChI=1S/C8H14N2O2/c1-3-10-5-4-7(8(10)12)9-6(2)11/h7H,3-5H2,1-2H3,(H,9,11). The van der Waals surface area contributed by atoms with Crippen LogP contribution in [0.15, 0.2) is 0 Å². The van der Waals surface area contributed by atoms with E-state index in [4.69, 9.17) is 0 Å². The summed E-state index contributed by atoms with van der Waals surface area (Å²) < 4.78 is 0. The van der Waals surface area contributed by atoms with E-state index < -0.39 is 0 Å². The third kappa shape index (κ3) is 1.75. The molecule has 1 fully saturated rings.